The zero-order valence-electron chi connectivity index (χ0n) is 10.5. The molecule has 2 rings (SSSR count). The molecule has 0 aromatic carbocycles. The van der Waals surface area contributed by atoms with E-state index in [1.54, 1.807) is 0 Å². The molecule has 0 bridgehead atoms. The van der Waals surface area contributed by atoms with Crippen molar-refractivity contribution in [2.75, 3.05) is 13.1 Å². The van der Waals surface area contributed by atoms with Gasteiger partial charge in [-0.15, -0.1) is 0 Å². The fourth-order valence-electron chi connectivity index (χ4n) is 2.32. The SMILES string of the molecule is [N-]=[N+]=N[C@@H]1CN([C@H](c2ccc(Cl)nc2)C(F)(F)F)CC1F. The van der Waals surface area contributed by atoms with Gasteiger partial charge in [-0.3, -0.25) is 4.90 Å². The van der Waals surface area contributed by atoms with Crippen molar-refractivity contribution in [3.8, 4) is 0 Å². The number of halogens is 5. The minimum atomic E-state index is -4.61. The number of rotatable bonds is 3. The lowest BCUT2D eigenvalue weighted by atomic mass is 10.1. The molecule has 21 heavy (non-hydrogen) atoms. The first-order valence-electron chi connectivity index (χ1n) is 5.93. The average molecular weight is 324 g/mol. The second-order valence-corrected chi connectivity index (χ2v) is 4.99. The molecular formula is C11H10ClF4N5. The summed E-state index contributed by atoms with van der Waals surface area (Å²) in [7, 11) is 0. The van der Waals surface area contributed by atoms with E-state index in [0.29, 0.717) is 0 Å². The summed E-state index contributed by atoms with van der Waals surface area (Å²) in [4.78, 5) is 6.98. The Bertz CT molecular complexity index is 543. The first kappa shape index (κ1) is 15.8. The van der Waals surface area contributed by atoms with Crippen molar-refractivity contribution in [1.29, 1.82) is 0 Å². The lowest BCUT2D eigenvalue weighted by Gasteiger charge is -2.29. The predicted molar refractivity (Wildman–Crippen MR) is 67.4 cm³/mol. The van der Waals surface area contributed by atoms with Gasteiger partial charge in [0.25, 0.3) is 0 Å². The fraction of sp³-hybridized carbons (Fsp3) is 0.545. The third-order valence-corrected chi connectivity index (χ3v) is 3.41. The predicted octanol–water partition coefficient (Wildman–Crippen LogP) is 3.67. The molecule has 2 heterocycles. The van der Waals surface area contributed by atoms with Gasteiger partial charge < -0.3 is 0 Å². The number of alkyl halides is 4. The van der Waals surface area contributed by atoms with Gasteiger partial charge in [-0.25, -0.2) is 9.37 Å². The van der Waals surface area contributed by atoms with Crippen LogP contribution in [-0.2, 0) is 0 Å². The molecular weight excluding hydrogens is 314 g/mol. The largest absolute Gasteiger partial charge is 0.408 e. The van der Waals surface area contributed by atoms with E-state index in [0.717, 1.165) is 11.1 Å². The van der Waals surface area contributed by atoms with Gasteiger partial charge in [0.2, 0.25) is 0 Å². The van der Waals surface area contributed by atoms with Crippen LogP contribution in [0.25, 0.3) is 10.4 Å². The number of likely N-dealkylation sites (tertiary alicyclic amines) is 1. The maximum atomic E-state index is 13.6. The Morgan fingerprint density at radius 3 is 2.67 bits per heavy atom. The van der Waals surface area contributed by atoms with Crippen LogP contribution in [0.1, 0.15) is 11.6 Å². The maximum Gasteiger partial charge on any atom is 0.408 e. The number of azide groups is 1. The fourth-order valence-corrected chi connectivity index (χ4v) is 2.43. The lowest BCUT2D eigenvalue weighted by Crippen LogP contribution is -2.37. The van der Waals surface area contributed by atoms with Gasteiger partial charge in [-0.1, -0.05) is 22.8 Å². The van der Waals surface area contributed by atoms with Crippen LogP contribution in [0.2, 0.25) is 5.15 Å². The monoisotopic (exact) mass is 323 g/mol. The van der Waals surface area contributed by atoms with Crippen LogP contribution in [0.4, 0.5) is 17.6 Å². The molecule has 1 aromatic heterocycles. The molecule has 1 aliphatic rings. The maximum absolute atomic E-state index is 13.6. The molecule has 0 aliphatic carbocycles. The van der Waals surface area contributed by atoms with Crippen LogP contribution in [0.5, 0.6) is 0 Å². The highest BCUT2D eigenvalue weighted by atomic mass is 35.5. The van der Waals surface area contributed by atoms with Crippen molar-refractivity contribution in [3.63, 3.8) is 0 Å². The Morgan fingerprint density at radius 1 is 1.43 bits per heavy atom. The molecule has 1 fully saturated rings. The molecule has 0 amide bonds. The number of nitrogens with zero attached hydrogens (tertiary/aromatic N) is 5. The lowest BCUT2D eigenvalue weighted by molar-refractivity contribution is -0.184. The Hall–Kier alpha value is -1.57. The van der Waals surface area contributed by atoms with E-state index in [4.69, 9.17) is 17.1 Å². The van der Waals surface area contributed by atoms with Crippen molar-refractivity contribution in [2.45, 2.75) is 24.4 Å². The van der Waals surface area contributed by atoms with Gasteiger partial charge in [0.15, 0.2) is 0 Å². The number of hydrogen-bond donors (Lipinski definition) is 0. The van der Waals surface area contributed by atoms with E-state index in [-0.39, 0.29) is 17.3 Å². The van der Waals surface area contributed by atoms with E-state index in [2.05, 4.69) is 15.0 Å². The summed E-state index contributed by atoms with van der Waals surface area (Å²) >= 11 is 5.56. The van der Waals surface area contributed by atoms with E-state index in [1.807, 2.05) is 0 Å². The molecule has 5 nitrogen and oxygen atoms in total. The highest BCUT2D eigenvalue weighted by Crippen LogP contribution is 2.40. The Morgan fingerprint density at radius 2 is 2.14 bits per heavy atom. The van der Waals surface area contributed by atoms with Crippen LogP contribution in [0.3, 0.4) is 0 Å². The van der Waals surface area contributed by atoms with Gasteiger partial charge in [0, 0.05) is 24.2 Å². The van der Waals surface area contributed by atoms with Crippen LogP contribution in [0.15, 0.2) is 23.4 Å². The summed E-state index contributed by atoms with van der Waals surface area (Å²) < 4.78 is 53.5. The molecule has 1 aliphatic heterocycles. The van der Waals surface area contributed by atoms with Gasteiger partial charge in [-0.2, -0.15) is 13.2 Å². The second-order valence-electron chi connectivity index (χ2n) is 4.60. The Kier molecular flexibility index (Phi) is 4.55. The Labute approximate surface area is 122 Å². The van der Waals surface area contributed by atoms with E-state index in [1.165, 1.54) is 12.1 Å². The van der Waals surface area contributed by atoms with Crippen molar-refractivity contribution < 1.29 is 17.6 Å². The summed E-state index contributed by atoms with van der Waals surface area (Å²) in [5.74, 6) is 0. The summed E-state index contributed by atoms with van der Waals surface area (Å²) in [6, 6.07) is -0.704. The highest BCUT2D eigenvalue weighted by molar-refractivity contribution is 6.29. The molecule has 114 valence electrons. The second kappa shape index (κ2) is 6.05. The summed E-state index contributed by atoms with van der Waals surface area (Å²) in [5, 5.41) is 3.25. The van der Waals surface area contributed by atoms with Crippen molar-refractivity contribution in [1.82, 2.24) is 9.88 Å². The van der Waals surface area contributed by atoms with Crippen LogP contribution in [0, 0.1) is 0 Å². The van der Waals surface area contributed by atoms with Crippen LogP contribution in [-0.4, -0.2) is 41.4 Å². The molecule has 1 unspecified atom stereocenters. The van der Waals surface area contributed by atoms with Crippen molar-refractivity contribution in [2.24, 2.45) is 5.11 Å². The molecule has 0 spiro atoms. The topological polar surface area (TPSA) is 64.9 Å². The summed E-state index contributed by atoms with van der Waals surface area (Å²) in [6.45, 7) is -0.769. The smallest absolute Gasteiger partial charge is 0.285 e. The summed E-state index contributed by atoms with van der Waals surface area (Å²) in [5.41, 5.74) is 8.16. The van der Waals surface area contributed by atoms with E-state index >= 15 is 0 Å². The molecule has 0 saturated carbocycles. The summed E-state index contributed by atoms with van der Waals surface area (Å²) in [6.07, 6.45) is -5.24. The number of pyridine rings is 1. The highest BCUT2D eigenvalue weighted by Gasteiger charge is 2.49. The molecule has 0 N–H and O–H groups in total. The molecule has 10 heteroatoms. The minimum Gasteiger partial charge on any atom is -0.285 e. The first-order valence-corrected chi connectivity index (χ1v) is 6.31. The zero-order chi connectivity index (χ0) is 15.6. The Balaban J connectivity index is 2.30. The standard InChI is InChI=1S/C11H10ClF4N5/c12-9-2-1-6(3-18-9)10(11(14,15)16)21-4-7(13)8(5-21)19-20-17/h1-3,7-8,10H,4-5H2/t7?,8-,10-/m1/s1. The quantitative estimate of drug-likeness (QED) is 0.280. The molecule has 0 radical (unpaired) electrons. The van der Waals surface area contributed by atoms with Gasteiger partial charge >= 0.3 is 6.18 Å². The number of hydrogen-bond acceptors (Lipinski definition) is 3. The van der Waals surface area contributed by atoms with Crippen LogP contribution < -0.4 is 0 Å². The van der Waals surface area contributed by atoms with E-state index in [9.17, 15) is 17.6 Å². The average Bonchev–Trinajstić information content (AvgIpc) is 2.72. The third-order valence-electron chi connectivity index (χ3n) is 3.19. The van der Waals surface area contributed by atoms with Gasteiger partial charge in [0.1, 0.15) is 17.4 Å². The minimum absolute atomic E-state index is 0.0661. The zero-order valence-corrected chi connectivity index (χ0v) is 11.3. The molecule has 3 atom stereocenters. The van der Waals surface area contributed by atoms with Gasteiger partial charge in [-0.05, 0) is 17.2 Å². The van der Waals surface area contributed by atoms with Crippen LogP contribution >= 0.6 is 11.6 Å². The van der Waals surface area contributed by atoms with Gasteiger partial charge in [0.05, 0.1) is 6.04 Å². The van der Waals surface area contributed by atoms with Crippen molar-refractivity contribution in [3.05, 3.63) is 39.5 Å². The molecule has 1 aromatic rings. The normalized spacial score (nSPS) is 24.6. The van der Waals surface area contributed by atoms with Crippen molar-refractivity contribution >= 4 is 11.6 Å². The third kappa shape index (κ3) is 3.55. The van der Waals surface area contributed by atoms with E-state index < -0.39 is 31.0 Å². The number of aromatic nitrogens is 1. The molecule has 1 saturated heterocycles. The first-order chi connectivity index (χ1) is 9.82.